The van der Waals surface area contributed by atoms with Gasteiger partial charge >= 0.3 is 0 Å². The molecule has 6 heteroatoms. The van der Waals surface area contributed by atoms with Crippen LogP contribution in [0.3, 0.4) is 0 Å². The lowest BCUT2D eigenvalue weighted by Gasteiger charge is -2.35. The van der Waals surface area contributed by atoms with Crippen LogP contribution in [-0.2, 0) is 4.79 Å². The Kier molecular flexibility index (Phi) is 4.46. The molecule has 1 saturated heterocycles. The number of nitrogens with zero attached hydrogens (tertiary/aromatic N) is 3. The molecule has 0 spiro atoms. The molecule has 2 fully saturated rings. The number of carbonyl (C=O) groups excluding carboxylic acids is 1. The van der Waals surface area contributed by atoms with E-state index < -0.39 is 6.10 Å². The molecule has 0 radical (unpaired) electrons. The predicted molar refractivity (Wildman–Crippen MR) is 90.5 cm³/mol. The number of pyridine rings is 1. The zero-order chi connectivity index (χ0) is 17.4. The summed E-state index contributed by atoms with van der Waals surface area (Å²) in [6.07, 6.45) is 1.03. The SMILES string of the molecule is CC(=O)N[C@@H]1C[C@@H]2CN(c3cc(C)c(C#N)c(C)n3)C[C@@H]2C[C@H]1O. The van der Waals surface area contributed by atoms with Gasteiger partial charge in [-0.15, -0.1) is 0 Å². The molecule has 1 saturated carbocycles. The van der Waals surface area contributed by atoms with Gasteiger partial charge in [-0.1, -0.05) is 0 Å². The first-order valence-corrected chi connectivity index (χ1v) is 8.47. The van der Waals surface area contributed by atoms with Gasteiger partial charge in [-0.3, -0.25) is 4.79 Å². The Morgan fingerprint density at radius 3 is 2.62 bits per heavy atom. The van der Waals surface area contributed by atoms with Gasteiger partial charge in [0.1, 0.15) is 11.9 Å². The molecule has 1 aliphatic heterocycles. The monoisotopic (exact) mass is 328 g/mol. The fraction of sp³-hybridized carbons (Fsp3) is 0.611. The number of aliphatic hydroxyl groups is 1. The van der Waals surface area contributed by atoms with Crippen molar-refractivity contribution in [2.24, 2.45) is 11.8 Å². The average molecular weight is 328 g/mol. The number of anilines is 1. The molecule has 1 amide bonds. The summed E-state index contributed by atoms with van der Waals surface area (Å²) in [6.45, 7) is 7.05. The summed E-state index contributed by atoms with van der Waals surface area (Å²) in [5.74, 6) is 1.68. The molecular weight excluding hydrogens is 304 g/mol. The van der Waals surface area contributed by atoms with E-state index in [1.54, 1.807) is 0 Å². The molecule has 0 aromatic carbocycles. The van der Waals surface area contributed by atoms with E-state index in [1.165, 1.54) is 6.92 Å². The van der Waals surface area contributed by atoms with Crippen LogP contribution in [0.5, 0.6) is 0 Å². The lowest BCUT2D eigenvalue weighted by Crippen LogP contribution is -2.48. The Morgan fingerprint density at radius 2 is 2.04 bits per heavy atom. The Labute approximate surface area is 142 Å². The number of hydrogen-bond donors (Lipinski definition) is 2. The number of aromatic nitrogens is 1. The van der Waals surface area contributed by atoms with E-state index in [2.05, 4.69) is 21.3 Å². The fourth-order valence-corrected chi connectivity index (χ4v) is 4.18. The largest absolute Gasteiger partial charge is 0.391 e. The molecule has 128 valence electrons. The van der Waals surface area contributed by atoms with Crippen LogP contribution in [0.1, 0.15) is 36.6 Å². The van der Waals surface area contributed by atoms with Crippen LogP contribution >= 0.6 is 0 Å². The van der Waals surface area contributed by atoms with Crippen LogP contribution < -0.4 is 10.2 Å². The number of nitrogens with one attached hydrogen (secondary N) is 1. The van der Waals surface area contributed by atoms with E-state index in [1.807, 2.05) is 19.9 Å². The van der Waals surface area contributed by atoms with E-state index in [0.717, 1.165) is 36.6 Å². The lowest BCUT2D eigenvalue weighted by atomic mass is 9.77. The summed E-state index contributed by atoms with van der Waals surface area (Å²) >= 11 is 0. The van der Waals surface area contributed by atoms with Gasteiger partial charge in [-0.25, -0.2) is 4.98 Å². The zero-order valence-corrected chi connectivity index (χ0v) is 14.4. The van der Waals surface area contributed by atoms with Gasteiger partial charge in [0.15, 0.2) is 0 Å². The first kappa shape index (κ1) is 16.7. The Hall–Kier alpha value is -2.13. The van der Waals surface area contributed by atoms with Gasteiger partial charge in [0.25, 0.3) is 0 Å². The smallest absolute Gasteiger partial charge is 0.217 e. The van der Waals surface area contributed by atoms with E-state index in [9.17, 15) is 15.2 Å². The van der Waals surface area contributed by atoms with Gasteiger partial charge in [0, 0.05) is 20.0 Å². The van der Waals surface area contributed by atoms with Crippen LogP contribution in [0, 0.1) is 37.0 Å². The molecular formula is C18H24N4O2. The van der Waals surface area contributed by atoms with Crippen LogP contribution in [0.2, 0.25) is 0 Å². The molecule has 1 aromatic heterocycles. The summed E-state index contributed by atoms with van der Waals surface area (Å²) < 4.78 is 0. The van der Waals surface area contributed by atoms with Crippen molar-refractivity contribution < 1.29 is 9.90 Å². The number of fused-ring (bicyclic) bond motifs is 1. The van der Waals surface area contributed by atoms with Crippen LogP contribution in [0.4, 0.5) is 5.82 Å². The molecule has 2 heterocycles. The average Bonchev–Trinajstić information content (AvgIpc) is 2.89. The third-order valence-electron chi connectivity index (χ3n) is 5.35. The molecule has 0 unspecified atom stereocenters. The van der Waals surface area contributed by atoms with Crippen molar-refractivity contribution in [1.29, 1.82) is 5.26 Å². The van der Waals surface area contributed by atoms with Gasteiger partial charge in [0.2, 0.25) is 5.91 Å². The van der Waals surface area contributed by atoms with Crippen molar-refractivity contribution in [3.05, 3.63) is 22.9 Å². The number of rotatable bonds is 2. The number of amides is 1. The predicted octanol–water partition coefficient (Wildman–Crippen LogP) is 1.28. The number of aliphatic hydroxyl groups excluding tert-OH is 1. The minimum Gasteiger partial charge on any atom is -0.391 e. The zero-order valence-electron chi connectivity index (χ0n) is 14.4. The highest BCUT2D eigenvalue weighted by Crippen LogP contribution is 2.38. The fourth-order valence-electron chi connectivity index (χ4n) is 4.18. The number of hydrogen-bond acceptors (Lipinski definition) is 5. The Morgan fingerprint density at radius 1 is 1.38 bits per heavy atom. The first-order valence-electron chi connectivity index (χ1n) is 8.47. The molecule has 2 N–H and O–H groups in total. The highest BCUT2D eigenvalue weighted by Gasteiger charge is 2.42. The minimum absolute atomic E-state index is 0.0904. The van der Waals surface area contributed by atoms with Crippen LogP contribution in [0.15, 0.2) is 6.07 Å². The van der Waals surface area contributed by atoms with Crippen molar-refractivity contribution >= 4 is 11.7 Å². The van der Waals surface area contributed by atoms with Gasteiger partial charge in [0.05, 0.1) is 23.4 Å². The maximum Gasteiger partial charge on any atom is 0.217 e. The maximum atomic E-state index is 11.3. The second-order valence-corrected chi connectivity index (χ2v) is 7.14. The highest BCUT2D eigenvalue weighted by atomic mass is 16.3. The van der Waals surface area contributed by atoms with E-state index in [0.29, 0.717) is 23.8 Å². The lowest BCUT2D eigenvalue weighted by molar-refractivity contribution is -0.121. The minimum atomic E-state index is -0.479. The Bertz CT molecular complexity index is 674. The van der Waals surface area contributed by atoms with Gasteiger partial charge in [-0.05, 0) is 50.2 Å². The summed E-state index contributed by atoms with van der Waals surface area (Å²) in [5, 5.41) is 22.4. The van der Waals surface area contributed by atoms with Crippen molar-refractivity contribution in [3.8, 4) is 6.07 Å². The van der Waals surface area contributed by atoms with Crippen molar-refractivity contribution in [2.75, 3.05) is 18.0 Å². The summed E-state index contributed by atoms with van der Waals surface area (Å²) in [4.78, 5) is 18.2. The third-order valence-corrected chi connectivity index (χ3v) is 5.35. The van der Waals surface area contributed by atoms with Gasteiger partial charge < -0.3 is 15.3 Å². The molecule has 3 rings (SSSR count). The standard InChI is InChI=1S/C18H24N4O2/c1-10-4-18(20-11(2)15(10)7-19)22-8-13-5-16(21-12(3)23)17(24)6-14(13)9-22/h4,13-14,16-17,24H,5-6,8-9H2,1-3H3,(H,21,23)/t13-,14+,16-,17-/m1/s1. The quantitative estimate of drug-likeness (QED) is 0.854. The van der Waals surface area contributed by atoms with Gasteiger partial charge in [-0.2, -0.15) is 5.26 Å². The van der Waals surface area contributed by atoms with Crippen molar-refractivity contribution in [3.63, 3.8) is 0 Å². The first-order chi connectivity index (χ1) is 11.4. The molecule has 4 atom stereocenters. The molecule has 2 aliphatic rings. The highest BCUT2D eigenvalue weighted by molar-refractivity contribution is 5.73. The molecule has 1 aliphatic carbocycles. The third kappa shape index (κ3) is 3.09. The van der Waals surface area contributed by atoms with Crippen LogP contribution in [0.25, 0.3) is 0 Å². The molecule has 1 aromatic rings. The van der Waals surface area contributed by atoms with E-state index in [4.69, 9.17) is 0 Å². The second-order valence-electron chi connectivity index (χ2n) is 7.14. The van der Waals surface area contributed by atoms with E-state index >= 15 is 0 Å². The van der Waals surface area contributed by atoms with Crippen LogP contribution in [-0.4, -0.2) is 41.2 Å². The summed E-state index contributed by atoms with van der Waals surface area (Å²) in [6, 6.07) is 4.03. The number of carbonyl (C=O) groups is 1. The molecule has 6 nitrogen and oxygen atoms in total. The molecule has 24 heavy (non-hydrogen) atoms. The number of aryl methyl sites for hydroxylation is 2. The van der Waals surface area contributed by atoms with Crippen molar-refractivity contribution in [2.45, 2.75) is 45.8 Å². The normalized spacial score (nSPS) is 29.0. The second kappa shape index (κ2) is 6.40. The summed E-state index contributed by atoms with van der Waals surface area (Å²) in [7, 11) is 0. The van der Waals surface area contributed by atoms with Crippen molar-refractivity contribution in [1.82, 2.24) is 10.3 Å². The number of nitriles is 1. The topological polar surface area (TPSA) is 89.3 Å². The van der Waals surface area contributed by atoms with E-state index in [-0.39, 0.29) is 11.9 Å². The maximum absolute atomic E-state index is 11.3. The Balaban J connectivity index is 1.76. The summed E-state index contributed by atoms with van der Waals surface area (Å²) in [5.41, 5.74) is 2.36. The molecule has 0 bridgehead atoms.